The molecule has 1 aliphatic carbocycles. The van der Waals surface area contributed by atoms with Crippen LogP contribution >= 0.6 is 11.6 Å². The summed E-state index contributed by atoms with van der Waals surface area (Å²) in [6.45, 7) is 2.92. The van der Waals surface area contributed by atoms with Crippen LogP contribution in [0.2, 0.25) is 5.02 Å². The van der Waals surface area contributed by atoms with Gasteiger partial charge in [0.25, 0.3) is 0 Å². The molecule has 2 rings (SSSR count). The van der Waals surface area contributed by atoms with E-state index in [9.17, 15) is 4.39 Å². The fraction of sp³-hybridized carbons (Fsp3) is 0.625. The molecule has 3 heteroatoms. The van der Waals surface area contributed by atoms with E-state index in [1.807, 2.05) is 0 Å². The first-order chi connectivity index (χ1) is 9.08. The third-order valence-electron chi connectivity index (χ3n) is 4.75. The second-order valence-corrected chi connectivity index (χ2v) is 6.38. The molecule has 0 radical (unpaired) electrons. The number of halogens is 2. The van der Waals surface area contributed by atoms with Crippen molar-refractivity contribution in [3.05, 3.63) is 34.6 Å². The smallest absolute Gasteiger partial charge is 0.123 e. The minimum absolute atomic E-state index is 0.114. The van der Waals surface area contributed by atoms with Gasteiger partial charge in [-0.15, -0.1) is 0 Å². The lowest BCUT2D eigenvalue weighted by molar-refractivity contribution is 0.153. The lowest BCUT2D eigenvalue weighted by atomic mass is 9.67. The van der Waals surface area contributed by atoms with Crippen molar-refractivity contribution in [3.8, 4) is 0 Å². The minimum atomic E-state index is -0.214. The summed E-state index contributed by atoms with van der Waals surface area (Å²) < 4.78 is 13.4. The SMILES string of the molecule is CCC1CCC(CN)(Cc2cc(F)ccc2Cl)CC1. The number of rotatable bonds is 4. The van der Waals surface area contributed by atoms with Crippen LogP contribution < -0.4 is 5.73 Å². The average Bonchev–Trinajstić information content (AvgIpc) is 2.44. The molecule has 1 aromatic carbocycles. The summed E-state index contributed by atoms with van der Waals surface area (Å²) in [7, 11) is 0. The Labute approximate surface area is 120 Å². The highest BCUT2D eigenvalue weighted by Gasteiger charge is 2.34. The van der Waals surface area contributed by atoms with Crippen LogP contribution in [0.4, 0.5) is 4.39 Å². The summed E-state index contributed by atoms with van der Waals surface area (Å²) in [5.74, 6) is 0.622. The Balaban J connectivity index is 2.13. The van der Waals surface area contributed by atoms with E-state index in [2.05, 4.69) is 6.92 Å². The highest BCUT2D eigenvalue weighted by molar-refractivity contribution is 6.31. The van der Waals surface area contributed by atoms with Crippen LogP contribution in [0.15, 0.2) is 18.2 Å². The van der Waals surface area contributed by atoms with Crippen LogP contribution in [0.25, 0.3) is 0 Å². The largest absolute Gasteiger partial charge is 0.330 e. The van der Waals surface area contributed by atoms with Gasteiger partial charge in [0.15, 0.2) is 0 Å². The van der Waals surface area contributed by atoms with Crippen LogP contribution in [0.3, 0.4) is 0 Å². The molecule has 2 N–H and O–H groups in total. The molecule has 1 aromatic rings. The molecule has 0 aliphatic heterocycles. The second kappa shape index (κ2) is 6.23. The Morgan fingerprint density at radius 2 is 2.05 bits per heavy atom. The van der Waals surface area contributed by atoms with Gasteiger partial charge >= 0.3 is 0 Å². The fourth-order valence-electron chi connectivity index (χ4n) is 3.23. The zero-order chi connectivity index (χ0) is 13.9. The molecule has 0 heterocycles. The third-order valence-corrected chi connectivity index (χ3v) is 5.12. The summed E-state index contributed by atoms with van der Waals surface area (Å²) in [5.41, 5.74) is 7.04. The molecule has 19 heavy (non-hydrogen) atoms. The molecule has 0 unspecified atom stereocenters. The van der Waals surface area contributed by atoms with Gasteiger partial charge in [-0.05, 0) is 73.7 Å². The monoisotopic (exact) mass is 283 g/mol. The number of hydrogen-bond donors (Lipinski definition) is 1. The Hall–Kier alpha value is -0.600. The molecule has 0 amide bonds. The maximum atomic E-state index is 13.4. The van der Waals surface area contributed by atoms with Crippen molar-refractivity contribution in [1.82, 2.24) is 0 Å². The highest BCUT2D eigenvalue weighted by Crippen LogP contribution is 2.42. The van der Waals surface area contributed by atoms with E-state index in [0.717, 1.165) is 30.7 Å². The molecule has 106 valence electrons. The summed E-state index contributed by atoms with van der Waals surface area (Å²) in [5, 5.41) is 0.659. The molecule has 0 spiro atoms. The normalized spacial score (nSPS) is 27.5. The Kier molecular flexibility index (Phi) is 4.86. The van der Waals surface area contributed by atoms with E-state index in [4.69, 9.17) is 17.3 Å². The van der Waals surface area contributed by atoms with Crippen LogP contribution in [-0.4, -0.2) is 6.54 Å². The fourth-order valence-corrected chi connectivity index (χ4v) is 3.42. The molecular formula is C16H23ClFN. The lowest BCUT2D eigenvalue weighted by Gasteiger charge is -2.39. The zero-order valence-corrected chi connectivity index (χ0v) is 12.3. The van der Waals surface area contributed by atoms with Crippen molar-refractivity contribution in [1.29, 1.82) is 0 Å². The number of hydrogen-bond acceptors (Lipinski definition) is 1. The van der Waals surface area contributed by atoms with Crippen LogP contribution in [0, 0.1) is 17.2 Å². The van der Waals surface area contributed by atoms with E-state index >= 15 is 0 Å². The second-order valence-electron chi connectivity index (χ2n) is 5.97. The van der Waals surface area contributed by atoms with E-state index in [1.54, 1.807) is 12.1 Å². The molecule has 1 saturated carbocycles. The van der Waals surface area contributed by atoms with Gasteiger partial charge < -0.3 is 5.73 Å². The molecule has 0 aromatic heterocycles. The van der Waals surface area contributed by atoms with Gasteiger partial charge in [0.2, 0.25) is 0 Å². The Morgan fingerprint density at radius 3 is 2.63 bits per heavy atom. The molecule has 0 atom stereocenters. The van der Waals surface area contributed by atoms with Crippen LogP contribution in [0.5, 0.6) is 0 Å². The summed E-state index contributed by atoms with van der Waals surface area (Å²) in [6.07, 6.45) is 6.79. The number of nitrogens with two attached hydrogens (primary N) is 1. The van der Waals surface area contributed by atoms with Gasteiger partial charge in [0.1, 0.15) is 5.82 Å². The van der Waals surface area contributed by atoms with Gasteiger partial charge in [-0.1, -0.05) is 24.9 Å². The highest BCUT2D eigenvalue weighted by atomic mass is 35.5. The van der Waals surface area contributed by atoms with E-state index < -0.39 is 0 Å². The zero-order valence-electron chi connectivity index (χ0n) is 11.6. The van der Waals surface area contributed by atoms with Crippen molar-refractivity contribution in [2.75, 3.05) is 6.54 Å². The molecule has 1 fully saturated rings. The van der Waals surface area contributed by atoms with Crippen molar-refractivity contribution < 1.29 is 4.39 Å². The summed E-state index contributed by atoms with van der Waals surface area (Å²) in [4.78, 5) is 0. The number of benzene rings is 1. The van der Waals surface area contributed by atoms with Gasteiger partial charge in [-0.25, -0.2) is 4.39 Å². The average molecular weight is 284 g/mol. The standard InChI is InChI=1S/C16H23ClFN/c1-2-12-5-7-16(11-19,8-6-12)10-13-9-14(18)3-4-15(13)17/h3-4,9,12H,2,5-8,10-11,19H2,1H3. The molecule has 0 bridgehead atoms. The first-order valence-electron chi connectivity index (χ1n) is 7.22. The van der Waals surface area contributed by atoms with Gasteiger partial charge in [-0.3, -0.25) is 0 Å². The van der Waals surface area contributed by atoms with Crippen molar-refractivity contribution in [3.63, 3.8) is 0 Å². The molecule has 0 saturated heterocycles. The van der Waals surface area contributed by atoms with Crippen molar-refractivity contribution in [2.24, 2.45) is 17.1 Å². The van der Waals surface area contributed by atoms with Crippen LogP contribution in [0.1, 0.15) is 44.6 Å². The first-order valence-corrected chi connectivity index (χ1v) is 7.60. The lowest BCUT2D eigenvalue weighted by Crippen LogP contribution is -2.36. The van der Waals surface area contributed by atoms with E-state index in [-0.39, 0.29) is 11.2 Å². The summed E-state index contributed by atoms with van der Waals surface area (Å²) >= 11 is 6.18. The van der Waals surface area contributed by atoms with E-state index in [0.29, 0.717) is 11.6 Å². The maximum absolute atomic E-state index is 13.4. The minimum Gasteiger partial charge on any atom is -0.330 e. The van der Waals surface area contributed by atoms with Crippen molar-refractivity contribution >= 4 is 11.6 Å². The Morgan fingerprint density at radius 1 is 1.37 bits per heavy atom. The summed E-state index contributed by atoms with van der Waals surface area (Å²) in [6, 6.07) is 4.62. The maximum Gasteiger partial charge on any atom is 0.123 e. The first kappa shape index (κ1) is 14.8. The quantitative estimate of drug-likeness (QED) is 0.861. The van der Waals surface area contributed by atoms with E-state index in [1.165, 1.54) is 25.3 Å². The van der Waals surface area contributed by atoms with Gasteiger partial charge in [0.05, 0.1) is 0 Å². The van der Waals surface area contributed by atoms with Gasteiger partial charge in [0, 0.05) is 5.02 Å². The molecule has 1 aliphatic rings. The predicted octanol–water partition coefficient (Wildman–Crippen LogP) is 4.57. The van der Waals surface area contributed by atoms with Crippen molar-refractivity contribution in [2.45, 2.75) is 45.4 Å². The van der Waals surface area contributed by atoms with Gasteiger partial charge in [-0.2, -0.15) is 0 Å². The predicted molar refractivity (Wildman–Crippen MR) is 78.9 cm³/mol. The molecular weight excluding hydrogens is 261 g/mol. The van der Waals surface area contributed by atoms with Crippen LogP contribution in [-0.2, 0) is 6.42 Å². The molecule has 1 nitrogen and oxygen atoms in total. The topological polar surface area (TPSA) is 26.0 Å². The Bertz CT molecular complexity index is 425. The third kappa shape index (κ3) is 3.49.